The van der Waals surface area contributed by atoms with Crippen molar-refractivity contribution in [2.75, 3.05) is 46.4 Å². The number of likely N-dealkylation sites (tertiary alicyclic amines) is 1. The van der Waals surface area contributed by atoms with Gasteiger partial charge in [0, 0.05) is 57.8 Å². The molecule has 0 aromatic heterocycles. The summed E-state index contributed by atoms with van der Waals surface area (Å²) in [6.45, 7) is 4.60. The Bertz CT molecular complexity index is 731. The Balaban J connectivity index is 0.00000300. The van der Waals surface area contributed by atoms with Crippen LogP contribution in [0.25, 0.3) is 0 Å². The van der Waals surface area contributed by atoms with Gasteiger partial charge in [-0.05, 0) is 18.4 Å². The van der Waals surface area contributed by atoms with Gasteiger partial charge in [-0.25, -0.2) is 0 Å². The maximum absolute atomic E-state index is 12.6. The summed E-state index contributed by atoms with van der Waals surface area (Å²) in [5, 5.41) is 14.2. The van der Waals surface area contributed by atoms with E-state index in [-0.39, 0.29) is 41.5 Å². The molecule has 2 heterocycles. The van der Waals surface area contributed by atoms with Crippen molar-refractivity contribution in [1.29, 1.82) is 0 Å². The van der Waals surface area contributed by atoms with Crippen molar-refractivity contribution in [3.8, 4) is 0 Å². The van der Waals surface area contributed by atoms with Gasteiger partial charge >= 0.3 is 0 Å². The number of hydrogen-bond acceptors (Lipinski definition) is 5. The highest BCUT2D eigenvalue weighted by Gasteiger charge is 2.30. The van der Waals surface area contributed by atoms with Crippen molar-refractivity contribution in [2.45, 2.75) is 19.4 Å². The highest BCUT2D eigenvalue weighted by atomic mass is 127. The fraction of sp³-hybridized carbons (Fsp3) is 0.579. The van der Waals surface area contributed by atoms with Gasteiger partial charge in [-0.2, -0.15) is 0 Å². The maximum Gasteiger partial charge on any atom is 0.269 e. The van der Waals surface area contributed by atoms with Crippen molar-refractivity contribution in [3.05, 3.63) is 39.9 Å². The normalized spacial score (nSPS) is 18.2. The van der Waals surface area contributed by atoms with E-state index in [4.69, 9.17) is 4.74 Å². The van der Waals surface area contributed by atoms with Gasteiger partial charge in [-0.1, -0.05) is 12.1 Å². The molecule has 0 unspecified atom stereocenters. The number of nitrogens with one attached hydrogen (secondary N) is 1. The largest absolute Gasteiger partial charge is 0.378 e. The van der Waals surface area contributed by atoms with Crippen LogP contribution >= 0.6 is 24.0 Å². The van der Waals surface area contributed by atoms with E-state index in [0.717, 1.165) is 37.5 Å². The van der Waals surface area contributed by atoms with Gasteiger partial charge < -0.3 is 19.9 Å². The fourth-order valence-electron chi connectivity index (χ4n) is 3.67. The van der Waals surface area contributed by atoms with E-state index >= 15 is 0 Å². The second-order valence-corrected chi connectivity index (χ2v) is 7.03. The minimum atomic E-state index is -0.394. The first-order valence-corrected chi connectivity index (χ1v) is 9.64. The number of hydrogen-bond donors (Lipinski definition) is 1. The number of nitrogens with zero attached hydrogens (tertiary/aromatic N) is 4. The molecule has 1 aromatic carbocycles. The summed E-state index contributed by atoms with van der Waals surface area (Å²) in [5.41, 5.74) is 0.907. The van der Waals surface area contributed by atoms with E-state index in [2.05, 4.69) is 15.2 Å². The zero-order chi connectivity index (χ0) is 19.9. The number of guanidine groups is 1. The van der Waals surface area contributed by atoms with E-state index < -0.39 is 4.92 Å². The van der Waals surface area contributed by atoms with Gasteiger partial charge in [0.05, 0.1) is 18.1 Å². The Hall–Kier alpha value is -1.95. The minimum absolute atomic E-state index is 0. The summed E-state index contributed by atoms with van der Waals surface area (Å²) in [4.78, 5) is 31.5. The highest BCUT2D eigenvalue weighted by molar-refractivity contribution is 14.0. The highest BCUT2D eigenvalue weighted by Crippen LogP contribution is 2.20. The number of aliphatic imine (C=N–C) groups is 1. The number of piperidine rings is 1. The van der Waals surface area contributed by atoms with Gasteiger partial charge in [0.2, 0.25) is 5.91 Å². The molecule has 0 spiro atoms. The summed E-state index contributed by atoms with van der Waals surface area (Å²) in [7, 11) is 1.72. The van der Waals surface area contributed by atoms with Crippen LogP contribution in [-0.4, -0.2) is 73.0 Å². The molecule has 10 heteroatoms. The lowest BCUT2D eigenvalue weighted by molar-refractivity contribution is -0.384. The molecule has 0 aliphatic carbocycles. The zero-order valence-corrected chi connectivity index (χ0v) is 18.9. The lowest BCUT2D eigenvalue weighted by Crippen LogP contribution is -2.49. The number of carbonyl (C=O) groups is 1. The molecule has 2 fully saturated rings. The molecule has 1 N–H and O–H groups in total. The van der Waals surface area contributed by atoms with Crippen LogP contribution in [0.2, 0.25) is 0 Å². The third-order valence-corrected chi connectivity index (χ3v) is 5.25. The van der Waals surface area contributed by atoms with Crippen LogP contribution in [0.15, 0.2) is 29.3 Å². The van der Waals surface area contributed by atoms with Crippen LogP contribution in [0.3, 0.4) is 0 Å². The van der Waals surface area contributed by atoms with Crippen LogP contribution < -0.4 is 5.32 Å². The zero-order valence-electron chi connectivity index (χ0n) is 16.6. The van der Waals surface area contributed by atoms with Crippen molar-refractivity contribution in [2.24, 2.45) is 10.9 Å². The lowest BCUT2D eigenvalue weighted by Gasteiger charge is -2.36. The number of rotatable bonds is 4. The second-order valence-electron chi connectivity index (χ2n) is 7.03. The topological polar surface area (TPSA) is 100 Å². The molecule has 2 aliphatic heterocycles. The molecular weight excluding hydrogens is 489 g/mol. The number of amides is 1. The number of ether oxygens (including phenoxy) is 1. The van der Waals surface area contributed by atoms with Crippen LogP contribution in [0.5, 0.6) is 0 Å². The summed E-state index contributed by atoms with van der Waals surface area (Å²) >= 11 is 0. The van der Waals surface area contributed by atoms with Crippen molar-refractivity contribution in [3.63, 3.8) is 0 Å². The molecule has 160 valence electrons. The number of non-ortho nitro benzene ring substituents is 1. The third-order valence-electron chi connectivity index (χ3n) is 5.25. The predicted molar refractivity (Wildman–Crippen MR) is 120 cm³/mol. The number of morpholine rings is 1. The van der Waals surface area contributed by atoms with Crippen molar-refractivity contribution < 1.29 is 14.5 Å². The Morgan fingerprint density at radius 3 is 2.55 bits per heavy atom. The van der Waals surface area contributed by atoms with Crippen molar-refractivity contribution >= 4 is 41.5 Å². The molecule has 29 heavy (non-hydrogen) atoms. The molecule has 1 amide bonds. The molecular formula is C19H28IN5O4. The Morgan fingerprint density at radius 2 is 1.93 bits per heavy atom. The van der Waals surface area contributed by atoms with E-state index in [9.17, 15) is 14.9 Å². The van der Waals surface area contributed by atoms with Crippen LogP contribution in [0.1, 0.15) is 18.4 Å². The Morgan fingerprint density at radius 1 is 1.24 bits per heavy atom. The molecule has 9 nitrogen and oxygen atoms in total. The Labute approximate surface area is 187 Å². The van der Waals surface area contributed by atoms with Crippen molar-refractivity contribution in [1.82, 2.24) is 15.1 Å². The van der Waals surface area contributed by atoms with Gasteiger partial charge in [-0.3, -0.25) is 19.9 Å². The van der Waals surface area contributed by atoms with Crippen LogP contribution in [0.4, 0.5) is 5.69 Å². The summed E-state index contributed by atoms with van der Waals surface area (Å²) in [6.07, 6.45) is 1.60. The first kappa shape index (κ1) is 23.3. The molecule has 0 atom stereocenters. The standard InChI is InChI=1S/C19H27N5O4.HI/c1-20-19(21-14-15-3-2-4-17(13-15)24(26)27)23-7-5-16(6-8-23)18(25)22-9-11-28-12-10-22;/h2-4,13,16H,5-12,14H2,1H3,(H,20,21);1H. The van der Waals surface area contributed by atoms with E-state index in [1.807, 2.05) is 11.0 Å². The summed E-state index contributed by atoms with van der Waals surface area (Å²) in [5.74, 6) is 1.05. The lowest BCUT2D eigenvalue weighted by atomic mass is 9.95. The number of nitro groups is 1. The summed E-state index contributed by atoms with van der Waals surface area (Å²) in [6, 6.07) is 6.57. The molecule has 0 radical (unpaired) electrons. The third kappa shape index (κ3) is 6.26. The van der Waals surface area contributed by atoms with Gasteiger partial charge in [0.25, 0.3) is 5.69 Å². The van der Waals surface area contributed by atoms with E-state index in [0.29, 0.717) is 32.8 Å². The molecule has 3 rings (SSSR count). The average Bonchev–Trinajstić information content (AvgIpc) is 2.75. The average molecular weight is 517 g/mol. The SMILES string of the molecule is CN=C(NCc1cccc([N+](=O)[O-])c1)N1CCC(C(=O)N2CCOCC2)CC1.I. The van der Waals surface area contributed by atoms with E-state index in [1.165, 1.54) is 6.07 Å². The molecule has 2 aliphatic rings. The van der Waals surface area contributed by atoms with Gasteiger partial charge in [-0.15, -0.1) is 24.0 Å². The number of benzene rings is 1. The number of nitro benzene ring substituents is 1. The minimum Gasteiger partial charge on any atom is -0.378 e. The molecule has 1 aromatic rings. The first-order chi connectivity index (χ1) is 13.6. The summed E-state index contributed by atoms with van der Waals surface area (Å²) < 4.78 is 5.32. The number of halogens is 1. The second kappa shape index (κ2) is 11.3. The Kier molecular flexibility index (Phi) is 9.08. The van der Waals surface area contributed by atoms with Crippen LogP contribution in [0, 0.1) is 16.0 Å². The number of carbonyl (C=O) groups excluding carboxylic acids is 1. The molecule has 0 saturated carbocycles. The fourth-order valence-corrected chi connectivity index (χ4v) is 3.67. The van der Waals surface area contributed by atoms with Gasteiger partial charge in [0.15, 0.2) is 5.96 Å². The first-order valence-electron chi connectivity index (χ1n) is 9.64. The van der Waals surface area contributed by atoms with Crippen LogP contribution in [-0.2, 0) is 16.1 Å². The predicted octanol–water partition coefficient (Wildman–Crippen LogP) is 1.86. The quantitative estimate of drug-likeness (QED) is 0.215. The maximum atomic E-state index is 12.6. The monoisotopic (exact) mass is 517 g/mol. The van der Waals surface area contributed by atoms with Gasteiger partial charge in [0.1, 0.15) is 0 Å². The molecule has 0 bridgehead atoms. The smallest absolute Gasteiger partial charge is 0.269 e. The molecule has 2 saturated heterocycles. The van der Waals surface area contributed by atoms with E-state index in [1.54, 1.807) is 19.2 Å².